The predicted octanol–water partition coefficient (Wildman–Crippen LogP) is 3.94. The molecule has 0 atom stereocenters. The predicted molar refractivity (Wildman–Crippen MR) is 76.3 cm³/mol. The highest BCUT2D eigenvalue weighted by Gasteiger charge is 2.12. The first kappa shape index (κ1) is 10.8. The van der Waals surface area contributed by atoms with Gasteiger partial charge in [-0.05, 0) is 19.1 Å². The number of H-pyrrole nitrogens is 1. The van der Waals surface area contributed by atoms with E-state index in [4.69, 9.17) is 5.73 Å². The van der Waals surface area contributed by atoms with Gasteiger partial charge in [-0.25, -0.2) is 4.98 Å². The molecule has 0 unspecified atom stereocenters. The van der Waals surface area contributed by atoms with Crippen LogP contribution < -0.4 is 5.73 Å². The van der Waals surface area contributed by atoms with Crippen LogP contribution in [-0.2, 0) is 0 Å². The normalized spacial score (nSPS) is 11.2. The topological polar surface area (TPSA) is 54.7 Å². The summed E-state index contributed by atoms with van der Waals surface area (Å²) in [6.45, 7) is 2.04. The fourth-order valence-corrected chi connectivity index (χ4v) is 3.03. The zero-order valence-corrected chi connectivity index (χ0v) is 11.5. The van der Waals surface area contributed by atoms with Crippen LogP contribution in [0.25, 0.3) is 22.2 Å². The molecule has 3 N–H and O–H groups in total. The highest BCUT2D eigenvalue weighted by Crippen LogP contribution is 2.34. The standard InChI is InChI=1S/C12H10BrN3S/c1-6-11(16-12(14)17-6)9-5-15-10-4-7(13)2-3-8(9)10/h2-5,15H,1H3,(H2,14,16). The van der Waals surface area contributed by atoms with E-state index in [0.29, 0.717) is 5.13 Å². The summed E-state index contributed by atoms with van der Waals surface area (Å²) in [6, 6.07) is 6.18. The summed E-state index contributed by atoms with van der Waals surface area (Å²) in [4.78, 5) is 8.79. The van der Waals surface area contributed by atoms with E-state index in [9.17, 15) is 0 Å². The molecule has 0 radical (unpaired) electrons. The summed E-state index contributed by atoms with van der Waals surface area (Å²) in [6.07, 6.45) is 1.98. The number of nitrogen functional groups attached to an aromatic ring is 1. The lowest BCUT2D eigenvalue weighted by atomic mass is 10.1. The van der Waals surface area contributed by atoms with Crippen molar-refractivity contribution in [2.45, 2.75) is 6.92 Å². The molecule has 0 spiro atoms. The molecule has 0 saturated carbocycles. The van der Waals surface area contributed by atoms with Crippen LogP contribution in [0.3, 0.4) is 0 Å². The fraction of sp³-hybridized carbons (Fsp3) is 0.0833. The summed E-state index contributed by atoms with van der Waals surface area (Å²) >= 11 is 4.99. The molecule has 3 aromatic rings. The maximum absolute atomic E-state index is 5.74. The number of halogens is 1. The Hall–Kier alpha value is -1.33. The van der Waals surface area contributed by atoms with Crippen LogP contribution in [0, 0.1) is 6.92 Å². The number of fused-ring (bicyclic) bond motifs is 1. The number of rotatable bonds is 1. The largest absolute Gasteiger partial charge is 0.375 e. The van der Waals surface area contributed by atoms with E-state index < -0.39 is 0 Å². The molecule has 0 saturated heterocycles. The number of anilines is 1. The molecule has 86 valence electrons. The Labute approximate surface area is 111 Å². The molecule has 1 aromatic carbocycles. The summed E-state index contributed by atoms with van der Waals surface area (Å²) in [5, 5.41) is 1.78. The van der Waals surface area contributed by atoms with Gasteiger partial charge in [0.15, 0.2) is 5.13 Å². The number of nitrogens with two attached hydrogens (primary N) is 1. The van der Waals surface area contributed by atoms with E-state index in [2.05, 4.69) is 38.0 Å². The molecule has 3 rings (SSSR count). The highest BCUT2D eigenvalue weighted by molar-refractivity contribution is 9.10. The van der Waals surface area contributed by atoms with Gasteiger partial charge in [0.1, 0.15) is 0 Å². The number of aryl methyl sites for hydroxylation is 1. The van der Waals surface area contributed by atoms with Crippen LogP contribution in [0.15, 0.2) is 28.9 Å². The lowest BCUT2D eigenvalue weighted by Gasteiger charge is -1.96. The van der Waals surface area contributed by atoms with E-state index in [-0.39, 0.29) is 0 Å². The van der Waals surface area contributed by atoms with Crippen molar-refractivity contribution in [3.8, 4) is 11.3 Å². The first-order valence-electron chi connectivity index (χ1n) is 5.15. The summed E-state index contributed by atoms with van der Waals surface area (Å²) in [5.41, 5.74) is 8.92. The molecule has 5 heteroatoms. The van der Waals surface area contributed by atoms with Gasteiger partial charge in [-0.1, -0.05) is 22.0 Å². The van der Waals surface area contributed by atoms with Crippen LogP contribution in [0.1, 0.15) is 4.88 Å². The van der Waals surface area contributed by atoms with Gasteiger partial charge < -0.3 is 10.7 Å². The maximum atomic E-state index is 5.74. The Bertz CT molecular complexity index is 699. The van der Waals surface area contributed by atoms with Gasteiger partial charge in [0.25, 0.3) is 0 Å². The molecule has 3 nitrogen and oxygen atoms in total. The van der Waals surface area contributed by atoms with Crippen LogP contribution in [0.2, 0.25) is 0 Å². The van der Waals surface area contributed by atoms with Gasteiger partial charge in [0.05, 0.1) is 5.69 Å². The van der Waals surface area contributed by atoms with Crippen LogP contribution in [-0.4, -0.2) is 9.97 Å². The third kappa shape index (κ3) is 1.75. The van der Waals surface area contributed by atoms with Gasteiger partial charge in [0, 0.05) is 32.0 Å². The van der Waals surface area contributed by atoms with Gasteiger partial charge in [0.2, 0.25) is 0 Å². The number of hydrogen-bond acceptors (Lipinski definition) is 3. The zero-order chi connectivity index (χ0) is 12.0. The van der Waals surface area contributed by atoms with Gasteiger partial charge >= 0.3 is 0 Å². The average molecular weight is 308 g/mol. The second-order valence-corrected chi connectivity index (χ2v) is 6.00. The van der Waals surface area contributed by atoms with E-state index in [1.54, 1.807) is 0 Å². The molecular weight excluding hydrogens is 298 g/mol. The van der Waals surface area contributed by atoms with Crippen molar-refractivity contribution in [1.29, 1.82) is 0 Å². The number of aromatic amines is 1. The maximum Gasteiger partial charge on any atom is 0.180 e. The minimum absolute atomic E-state index is 0.615. The van der Waals surface area contributed by atoms with Crippen molar-refractivity contribution in [2.75, 3.05) is 5.73 Å². The first-order chi connectivity index (χ1) is 8.15. The molecule has 0 bridgehead atoms. The number of aromatic nitrogens is 2. The molecule has 0 aliphatic carbocycles. The van der Waals surface area contributed by atoms with Crippen molar-refractivity contribution < 1.29 is 0 Å². The van der Waals surface area contributed by atoms with Crippen molar-refractivity contribution >= 4 is 43.3 Å². The SMILES string of the molecule is Cc1sc(N)nc1-c1c[nH]c2cc(Br)ccc12. The quantitative estimate of drug-likeness (QED) is 0.715. The summed E-state index contributed by atoms with van der Waals surface area (Å²) < 4.78 is 1.06. The van der Waals surface area contributed by atoms with Crippen LogP contribution in [0.4, 0.5) is 5.13 Å². The van der Waals surface area contributed by atoms with Gasteiger partial charge in [-0.3, -0.25) is 0 Å². The lowest BCUT2D eigenvalue weighted by Crippen LogP contribution is -1.82. The van der Waals surface area contributed by atoms with Gasteiger partial charge in [-0.2, -0.15) is 0 Å². The lowest BCUT2D eigenvalue weighted by molar-refractivity contribution is 1.38. The Morgan fingerprint density at radius 2 is 2.24 bits per heavy atom. The van der Waals surface area contributed by atoms with Crippen molar-refractivity contribution in [2.24, 2.45) is 0 Å². The van der Waals surface area contributed by atoms with Crippen molar-refractivity contribution in [3.05, 3.63) is 33.7 Å². The Balaban J connectivity index is 2.28. The molecule has 17 heavy (non-hydrogen) atoms. The molecule has 0 amide bonds. The monoisotopic (exact) mass is 307 g/mol. The zero-order valence-electron chi connectivity index (χ0n) is 9.12. The third-order valence-corrected chi connectivity index (χ3v) is 4.01. The second-order valence-electron chi connectivity index (χ2n) is 3.85. The molecule has 2 heterocycles. The molecule has 0 fully saturated rings. The van der Waals surface area contributed by atoms with E-state index in [0.717, 1.165) is 26.1 Å². The van der Waals surface area contributed by atoms with Crippen molar-refractivity contribution in [1.82, 2.24) is 9.97 Å². The summed E-state index contributed by atoms with van der Waals surface area (Å²) in [7, 11) is 0. The van der Waals surface area contributed by atoms with Gasteiger partial charge in [-0.15, -0.1) is 11.3 Å². The Kier molecular flexibility index (Phi) is 2.45. The third-order valence-electron chi connectivity index (χ3n) is 2.71. The number of nitrogens with zero attached hydrogens (tertiary/aromatic N) is 1. The molecular formula is C12H10BrN3S. The van der Waals surface area contributed by atoms with E-state index >= 15 is 0 Å². The highest BCUT2D eigenvalue weighted by atomic mass is 79.9. The number of benzene rings is 1. The molecule has 0 aliphatic rings. The number of thiazole rings is 1. The van der Waals surface area contributed by atoms with Crippen LogP contribution >= 0.6 is 27.3 Å². The number of hydrogen-bond donors (Lipinski definition) is 2. The smallest absolute Gasteiger partial charge is 0.180 e. The van der Waals surface area contributed by atoms with Crippen LogP contribution in [0.5, 0.6) is 0 Å². The second kappa shape index (κ2) is 3.85. The Morgan fingerprint density at radius 1 is 1.41 bits per heavy atom. The number of nitrogens with one attached hydrogen (secondary N) is 1. The molecule has 0 aliphatic heterocycles. The van der Waals surface area contributed by atoms with E-state index in [1.165, 1.54) is 16.7 Å². The minimum Gasteiger partial charge on any atom is -0.375 e. The summed E-state index contributed by atoms with van der Waals surface area (Å²) in [5.74, 6) is 0. The minimum atomic E-state index is 0.615. The van der Waals surface area contributed by atoms with E-state index in [1.807, 2.05) is 19.2 Å². The van der Waals surface area contributed by atoms with Crippen molar-refractivity contribution in [3.63, 3.8) is 0 Å². The fourth-order valence-electron chi connectivity index (χ4n) is 1.96. The Morgan fingerprint density at radius 3 is 2.94 bits per heavy atom. The first-order valence-corrected chi connectivity index (χ1v) is 6.76. The average Bonchev–Trinajstić information content (AvgIpc) is 2.81. The molecule has 2 aromatic heterocycles.